The third-order valence-electron chi connectivity index (χ3n) is 3.98. The van der Waals surface area contributed by atoms with Crippen LogP contribution in [0.5, 0.6) is 5.75 Å². The Morgan fingerprint density at radius 3 is 2.52 bits per heavy atom. The Kier molecular flexibility index (Phi) is 7.97. The fourth-order valence-corrected chi connectivity index (χ4v) is 2.45. The molecule has 2 rings (SSSR count). The van der Waals surface area contributed by atoms with Crippen molar-refractivity contribution in [3.63, 3.8) is 0 Å². The van der Waals surface area contributed by atoms with Crippen LogP contribution in [0.2, 0.25) is 0 Å². The number of carbonyl (C=O) groups is 3. The summed E-state index contributed by atoms with van der Waals surface area (Å²) >= 11 is 0. The van der Waals surface area contributed by atoms with Gasteiger partial charge in [0.15, 0.2) is 11.9 Å². The minimum Gasteiger partial charge on any atom is -0.501 e. The smallest absolute Gasteiger partial charge is 0.407 e. The van der Waals surface area contributed by atoms with E-state index in [4.69, 9.17) is 14.3 Å². The number of nitrogens with one attached hydrogen (secondary N) is 3. The first-order chi connectivity index (χ1) is 14.8. The zero-order valence-corrected chi connectivity index (χ0v) is 16.4. The molecule has 0 saturated heterocycles. The highest BCUT2D eigenvalue weighted by Crippen LogP contribution is 2.20. The molecule has 0 radical (unpaired) electrons. The van der Waals surface area contributed by atoms with Crippen LogP contribution in [0.3, 0.4) is 0 Å². The van der Waals surface area contributed by atoms with E-state index in [1.165, 1.54) is 0 Å². The number of amides is 2. The summed E-state index contributed by atoms with van der Waals surface area (Å²) in [6.45, 7) is -0.629. The molecule has 166 valence electrons. The predicted octanol–water partition coefficient (Wildman–Crippen LogP) is 0.275. The van der Waals surface area contributed by atoms with Crippen molar-refractivity contribution in [1.29, 1.82) is 0 Å². The number of aromatic hydroxyl groups is 1. The number of alkyl carbamates (subject to hydrolysis) is 1. The number of hydrogen-bond donors (Lipinski definition) is 6. The van der Waals surface area contributed by atoms with Crippen molar-refractivity contribution < 1.29 is 38.9 Å². The van der Waals surface area contributed by atoms with Crippen molar-refractivity contribution >= 4 is 23.7 Å². The lowest BCUT2D eigenvalue weighted by atomic mass is 10.1. The molecule has 1 aromatic heterocycles. The van der Waals surface area contributed by atoms with E-state index in [-0.39, 0.29) is 13.1 Å². The molecule has 1 aromatic carbocycles. The number of benzene rings is 1. The van der Waals surface area contributed by atoms with Crippen molar-refractivity contribution in [2.45, 2.75) is 6.10 Å². The SMILES string of the molecule is CNc1cccc([C@H](CO)OC(=O)NCCNC(=O)c2cc(=O)c(O)c(C(=O)O)o2)c1. The van der Waals surface area contributed by atoms with Gasteiger partial charge in [0.2, 0.25) is 11.2 Å². The normalized spacial score (nSPS) is 11.3. The van der Waals surface area contributed by atoms with Gasteiger partial charge in [-0.3, -0.25) is 9.59 Å². The lowest BCUT2D eigenvalue weighted by Gasteiger charge is -2.17. The molecule has 12 nitrogen and oxygen atoms in total. The van der Waals surface area contributed by atoms with Crippen molar-refractivity contribution in [3.05, 3.63) is 57.6 Å². The molecule has 0 aliphatic carbocycles. The lowest BCUT2D eigenvalue weighted by molar-refractivity contribution is 0.0570. The van der Waals surface area contributed by atoms with Crippen LogP contribution in [0.15, 0.2) is 39.5 Å². The summed E-state index contributed by atoms with van der Waals surface area (Å²) in [6, 6.07) is 7.58. The van der Waals surface area contributed by atoms with E-state index in [2.05, 4.69) is 16.0 Å². The Balaban J connectivity index is 1.86. The van der Waals surface area contributed by atoms with Crippen molar-refractivity contribution in [1.82, 2.24) is 10.6 Å². The fourth-order valence-electron chi connectivity index (χ4n) is 2.45. The maximum absolute atomic E-state index is 12.0. The van der Waals surface area contributed by atoms with Crippen LogP contribution >= 0.6 is 0 Å². The summed E-state index contributed by atoms with van der Waals surface area (Å²) in [7, 11) is 1.72. The minimum absolute atomic E-state index is 0.0760. The van der Waals surface area contributed by atoms with E-state index < -0.39 is 53.4 Å². The first kappa shape index (κ1) is 23.2. The van der Waals surface area contributed by atoms with Gasteiger partial charge in [0.05, 0.1) is 6.61 Å². The maximum Gasteiger partial charge on any atom is 0.407 e. The van der Waals surface area contributed by atoms with E-state index in [1.54, 1.807) is 31.3 Å². The number of carboxylic acid groups (broad SMARTS) is 1. The highest BCUT2D eigenvalue weighted by atomic mass is 16.6. The molecular formula is C19H21N3O9. The Hall–Kier alpha value is -4.06. The van der Waals surface area contributed by atoms with Crippen LogP contribution < -0.4 is 21.4 Å². The molecule has 0 fully saturated rings. The second kappa shape index (κ2) is 10.6. The number of anilines is 1. The molecule has 31 heavy (non-hydrogen) atoms. The van der Waals surface area contributed by atoms with Crippen LogP contribution in [-0.4, -0.2) is 60.0 Å². The van der Waals surface area contributed by atoms with E-state index in [0.29, 0.717) is 11.6 Å². The molecule has 2 aromatic rings. The van der Waals surface area contributed by atoms with Crippen molar-refractivity contribution in [2.75, 3.05) is 32.1 Å². The Morgan fingerprint density at radius 1 is 1.16 bits per heavy atom. The van der Waals surface area contributed by atoms with Gasteiger partial charge in [-0.05, 0) is 17.7 Å². The van der Waals surface area contributed by atoms with E-state index in [0.717, 1.165) is 5.69 Å². The largest absolute Gasteiger partial charge is 0.501 e. The van der Waals surface area contributed by atoms with Gasteiger partial charge < -0.3 is 40.4 Å². The van der Waals surface area contributed by atoms with Gasteiger partial charge in [-0.1, -0.05) is 12.1 Å². The number of aliphatic hydroxyl groups is 1. The van der Waals surface area contributed by atoms with Gasteiger partial charge in [0.1, 0.15) is 0 Å². The highest BCUT2D eigenvalue weighted by molar-refractivity contribution is 5.93. The molecule has 0 aliphatic rings. The number of ether oxygens (including phenoxy) is 1. The zero-order valence-electron chi connectivity index (χ0n) is 16.4. The van der Waals surface area contributed by atoms with Gasteiger partial charge >= 0.3 is 12.1 Å². The van der Waals surface area contributed by atoms with E-state index >= 15 is 0 Å². The standard InChI is InChI=1S/C19H21N3O9/c1-20-11-4-2-3-10(7-11)14(9-23)31-19(29)22-6-5-21-17(26)13-8-12(24)15(25)16(30-13)18(27)28/h2-4,7-8,14,20,23,25H,5-6,9H2,1H3,(H,21,26)(H,22,29)(H,27,28)/t14-/m0/s1. The molecule has 0 saturated carbocycles. The van der Waals surface area contributed by atoms with Crippen LogP contribution in [0, 0.1) is 0 Å². The topological polar surface area (TPSA) is 187 Å². The molecule has 0 bridgehead atoms. The van der Waals surface area contributed by atoms with Gasteiger partial charge in [-0.2, -0.15) is 0 Å². The van der Waals surface area contributed by atoms with Crippen LogP contribution in [-0.2, 0) is 4.74 Å². The fraction of sp³-hybridized carbons (Fsp3) is 0.263. The van der Waals surface area contributed by atoms with Gasteiger partial charge in [-0.25, -0.2) is 9.59 Å². The lowest BCUT2D eigenvalue weighted by Crippen LogP contribution is -2.36. The van der Waals surface area contributed by atoms with E-state index in [9.17, 15) is 29.4 Å². The average Bonchev–Trinajstić information content (AvgIpc) is 2.76. The zero-order chi connectivity index (χ0) is 23.0. The minimum atomic E-state index is -1.72. The van der Waals surface area contributed by atoms with Gasteiger partial charge in [-0.15, -0.1) is 0 Å². The summed E-state index contributed by atoms with van der Waals surface area (Å²) in [5.74, 6) is -5.43. The molecule has 2 amide bonds. The maximum atomic E-state index is 12.0. The van der Waals surface area contributed by atoms with Gasteiger partial charge in [0, 0.05) is 31.9 Å². The molecule has 1 atom stereocenters. The number of carboxylic acids is 1. The number of carbonyl (C=O) groups excluding carboxylic acids is 2. The van der Waals surface area contributed by atoms with Gasteiger partial charge in [0.25, 0.3) is 11.7 Å². The summed E-state index contributed by atoms with van der Waals surface area (Å²) in [5.41, 5.74) is 0.261. The highest BCUT2D eigenvalue weighted by Gasteiger charge is 2.21. The van der Waals surface area contributed by atoms with Crippen LogP contribution in [0.1, 0.15) is 32.8 Å². The Labute approximate surface area is 175 Å². The number of aromatic carboxylic acids is 1. The molecule has 12 heteroatoms. The third-order valence-corrected chi connectivity index (χ3v) is 3.98. The quantitative estimate of drug-likeness (QED) is 0.298. The summed E-state index contributed by atoms with van der Waals surface area (Å²) in [6.07, 6.45) is -1.74. The first-order valence-electron chi connectivity index (χ1n) is 8.98. The molecule has 0 aliphatic heterocycles. The Bertz CT molecular complexity index is 1020. The van der Waals surface area contributed by atoms with Crippen LogP contribution in [0.4, 0.5) is 10.5 Å². The molecule has 1 heterocycles. The average molecular weight is 435 g/mol. The number of rotatable bonds is 9. The van der Waals surface area contributed by atoms with Crippen LogP contribution in [0.25, 0.3) is 0 Å². The molecular weight excluding hydrogens is 414 g/mol. The predicted molar refractivity (Wildman–Crippen MR) is 106 cm³/mol. The summed E-state index contributed by atoms with van der Waals surface area (Å²) in [5, 5.41) is 35.3. The molecule has 0 spiro atoms. The van der Waals surface area contributed by atoms with Crippen molar-refractivity contribution in [2.24, 2.45) is 0 Å². The second-order valence-corrected chi connectivity index (χ2v) is 6.09. The molecule has 6 N–H and O–H groups in total. The number of hydrogen-bond acceptors (Lipinski definition) is 9. The monoisotopic (exact) mass is 435 g/mol. The van der Waals surface area contributed by atoms with E-state index in [1.807, 2.05) is 0 Å². The number of aliphatic hydroxyl groups excluding tert-OH is 1. The first-order valence-corrected chi connectivity index (χ1v) is 8.98. The van der Waals surface area contributed by atoms with Crippen molar-refractivity contribution in [3.8, 4) is 5.75 Å². The second-order valence-electron chi connectivity index (χ2n) is 6.09. The summed E-state index contributed by atoms with van der Waals surface area (Å²) < 4.78 is 9.87. The third kappa shape index (κ3) is 6.21. The Morgan fingerprint density at radius 2 is 1.87 bits per heavy atom. The summed E-state index contributed by atoms with van der Waals surface area (Å²) in [4.78, 5) is 46.4. The molecule has 0 unspecified atom stereocenters.